The minimum Gasteiger partial charge on any atom is -0.480 e. The van der Waals surface area contributed by atoms with E-state index in [-0.39, 0.29) is 12.0 Å². The first-order chi connectivity index (χ1) is 5.63. The third kappa shape index (κ3) is 1.97. The second kappa shape index (κ2) is 3.90. The van der Waals surface area contributed by atoms with Crippen molar-refractivity contribution < 1.29 is 9.90 Å². The van der Waals surface area contributed by atoms with Gasteiger partial charge in [0.2, 0.25) is 0 Å². The molecule has 3 heteroatoms. The normalized spacial score (nSPS) is 21.6. The van der Waals surface area contributed by atoms with Crippen molar-refractivity contribution >= 4 is 5.97 Å². The summed E-state index contributed by atoms with van der Waals surface area (Å²) in [6.45, 7) is 5.85. The number of carboxylic acids is 1. The van der Waals surface area contributed by atoms with Crippen LogP contribution in [0, 0.1) is 5.92 Å². The minimum atomic E-state index is -0.674. The zero-order valence-electron chi connectivity index (χ0n) is 7.79. The highest BCUT2D eigenvalue weighted by Crippen LogP contribution is 2.17. The molecule has 0 radical (unpaired) electrons. The molecule has 1 aliphatic rings. The van der Waals surface area contributed by atoms with Gasteiger partial charge in [-0.2, -0.15) is 0 Å². The lowest BCUT2D eigenvalue weighted by atomic mass is 10.0. The van der Waals surface area contributed by atoms with E-state index >= 15 is 0 Å². The quantitative estimate of drug-likeness (QED) is 0.693. The van der Waals surface area contributed by atoms with Crippen molar-refractivity contribution in [3.05, 3.63) is 0 Å². The van der Waals surface area contributed by atoms with Crippen molar-refractivity contribution in [2.75, 3.05) is 13.1 Å². The molecule has 1 aliphatic heterocycles. The SMILES string of the molecule is CC(C)[C@@H](C(=O)O)N1CCCC1. The van der Waals surface area contributed by atoms with Gasteiger partial charge in [-0.25, -0.2) is 0 Å². The second-order valence-corrected chi connectivity index (χ2v) is 3.77. The first kappa shape index (κ1) is 9.52. The average Bonchev–Trinajstić information content (AvgIpc) is 2.37. The zero-order chi connectivity index (χ0) is 9.14. The average molecular weight is 171 g/mol. The monoisotopic (exact) mass is 171 g/mol. The Morgan fingerprint density at radius 3 is 2.17 bits per heavy atom. The van der Waals surface area contributed by atoms with E-state index in [0.29, 0.717) is 0 Å². The van der Waals surface area contributed by atoms with Crippen LogP contribution in [0.25, 0.3) is 0 Å². The van der Waals surface area contributed by atoms with E-state index in [0.717, 1.165) is 25.9 Å². The van der Waals surface area contributed by atoms with Gasteiger partial charge in [0, 0.05) is 0 Å². The lowest BCUT2D eigenvalue weighted by Crippen LogP contribution is -2.42. The molecular weight excluding hydrogens is 154 g/mol. The smallest absolute Gasteiger partial charge is 0.321 e. The van der Waals surface area contributed by atoms with Crippen molar-refractivity contribution in [2.45, 2.75) is 32.7 Å². The molecule has 0 aromatic carbocycles. The lowest BCUT2D eigenvalue weighted by Gasteiger charge is -2.26. The summed E-state index contributed by atoms with van der Waals surface area (Å²) in [4.78, 5) is 13.0. The van der Waals surface area contributed by atoms with Crippen LogP contribution in [-0.4, -0.2) is 35.1 Å². The number of likely N-dealkylation sites (tertiary alicyclic amines) is 1. The van der Waals surface area contributed by atoms with Crippen LogP contribution < -0.4 is 0 Å². The maximum atomic E-state index is 10.9. The van der Waals surface area contributed by atoms with Crippen molar-refractivity contribution in [3.63, 3.8) is 0 Å². The van der Waals surface area contributed by atoms with Gasteiger partial charge in [0.05, 0.1) is 0 Å². The second-order valence-electron chi connectivity index (χ2n) is 3.77. The Labute approximate surface area is 73.4 Å². The Hall–Kier alpha value is -0.570. The van der Waals surface area contributed by atoms with E-state index in [1.54, 1.807) is 0 Å². The third-order valence-electron chi connectivity index (χ3n) is 2.42. The molecule has 0 aromatic rings. The number of nitrogens with zero attached hydrogens (tertiary/aromatic N) is 1. The Bertz CT molecular complexity index is 162. The molecule has 70 valence electrons. The minimum absolute atomic E-state index is 0.209. The summed E-state index contributed by atoms with van der Waals surface area (Å²) >= 11 is 0. The fourth-order valence-corrected chi connectivity index (χ4v) is 1.88. The molecule has 1 saturated heterocycles. The van der Waals surface area contributed by atoms with Gasteiger partial charge in [-0.15, -0.1) is 0 Å². The fraction of sp³-hybridized carbons (Fsp3) is 0.889. The molecule has 1 heterocycles. The highest BCUT2D eigenvalue weighted by atomic mass is 16.4. The van der Waals surface area contributed by atoms with E-state index in [1.807, 2.05) is 13.8 Å². The van der Waals surface area contributed by atoms with Gasteiger partial charge >= 0.3 is 5.97 Å². The first-order valence-corrected chi connectivity index (χ1v) is 4.60. The van der Waals surface area contributed by atoms with Crippen LogP contribution in [0.3, 0.4) is 0 Å². The predicted molar refractivity (Wildman–Crippen MR) is 47.1 cm³/mol. The molecule has 1 fully saturated rings. The molecule has 12 heavy (non-hydrogen) atoms. The van der Waals surface area contributed by atoms with E-state index < -0.39 is 5.97 Å². The molecule has 0 bridgehead atoms. The largest absolute Gasteiger partial charge is 0.480 e. The van der Waals surface area contributed by atoms with Gasteiger partial charge in [-0.05, 0) is 31.8 Å². The number of carbonyl (C=O) groups is 1. The molecule has 0 aromatic heterocycles. The van der Waals surface area contributed by atoms with Crippen molar-refractivity contribution in [1.82, 2.24) is 4.90 Å². The maximum Gasteiger partial charge on any atom is 0.321 e. The predicted octanol–water partition coefficient (Wildman–Crippen LogP) is 1.19. The highest BCUT2D eigenvalue weighted by Gasteiger charge is 2.30. The summed E-state index contributed by atoms with van der Waals surface area (Å²) in [6, 6.07) is -0.271. The zero-order valence-corrected chi connectivity index (χ0v) is 7.79. The van der Waals surface area contributed by atoms with Crippen LogP contribution in [0.15, 0.2) is 0 Å². The highest BCUT2D eigenvalue weighted by molar-refractivity contribution is 5.73. The topological polar surface area (TPSA) is 40.5 Å². The fourth-order valence-electron chi connectivity index (χ4n) is 1.88. The van der Waals surface area contributed by atoms with Crippen molar-refractivity contribution in [3.8, 4) is 0 Å². The van der Waals surface area contributed by atoms with E-state index in [1.165, 1.54) is 0 Å². The third-order valence-corrected chi connectivity index (χ3v) is 2.42. The number of hydrogen-bond donors (Lipinski definition) is 1. The summed E-state index contributed by atoms with van der Waals surface area (Å²) < 4.78 is 0. The molecule has 0 unspecified atom stereocenters. The Kier molecular flexibility index (Phi) is 3.09. The lowest BCUT2D eigenvalue weighted by molar-refractivity contribution is -0.144. The summed E-state index contributed by atoms with van der Waals surface area (Å²) in [5.74, 6) is -0.465. The van der Waals surface area contributed by atoms with Crippen LogP contribution >= 0.6 is 0 Å². The van der Waals surface area contributed by atoms with E-state index in [9.17, 15) is 4.79 Å². The van der Waals surface area contributed by atoms with Gasteiger partial charge in [0.25, 0.3) is 0 Å². The maximum absolute atomic E-state index is 10.9. The Morgan fingerprint density at radius 2 is 1.83 bits per heavy atom. The Morgan fingerprint density at radius 1 is 1.33 bits per heavy atom. The standard InChI is InChI=1S/C9H17NO2/c1-7(2)8(9(11)12)10-5-3-4-6-10/h7-8H,3-6H2,1-2H3,(H,11,12)/t8-/m0/s1. The van der Waals surface area contributed by atoms with Gasteiger partial charge in [-0.1, -0.05) is 13.8 Å². The van der Waals surface area contributed by atoms with Crippen LogP contribution in [-0.2, 0) is 4.79 Å². The van der Waals surface area contributed by atoms with Crippen LogP contribution in [0.5, 0.6) is 0 Å². The number of aliphatic carboxylic acids is 1. The van der Waals surface area contributed by atoms with Crippen LogP contribution in [0.1, 0.15) is 26.7 Å². The molecule has 0 amide bonds. The van der Waals surface area contributed by atoms with E-state index in [4.69, 9.17) is 5.11 Å². The number of carboxylic acid groups (broad SMARTS) is 1. The Balaban J connectivity index is 2.58. The summed E-state index contributed by atoms with van der Waals surface area (Å²) in [6.07, 6.45) is 2.30. The molecule has 0 aliphatic carbocycles. The molecule has 3 nitrogen and oxygen atoms in total. The molecule has 0 spiro atoms. The van der Waals surface area contributed by atoms with Crippen LogP contribution in [0.4, 0.5) is 0 Å². The van der Waals surface area contributed by atoms with Crippen LogP contribution in [0.2, 0.25) is 0 Å². The molecular formula is C9H17NO2. The molecule has 1 atom stereocenters. The van der Waals surface area contributed by atoms with Gasteiger partial charge < -0.3 is 5.11 Å². The van der Waals surface area contributed by atoms with Gasteiger partial charge in [-0.3, -0.25) is 9.69 Å². The first-order valence-electron chi connectivity index (χ1n) is 4.60. The van der Waals surface area contributed by atoms with Crippen molar-refractivity contribution in [1.29, 1.82) is 0 Å². The molecule has 1 N–H and O–H groups in total. The number of rotatable bonds is 3. The van der Waals surface area contributed by atoms with Gasteiger partial charge in [0.15, 0.2) is 0 Å². The number of hydrogen-bond acceptors (Lipinski definition) is 2. The van der Waals surface area contributed by atoms with Crippen molar-refractivity contribution in [2.24, 2.45) is 5.92 Å². The molecule has 1 rings (SSSR count). The van der Waals surface area contributed by atoms with Gasteiger partial charge in [0.1, 0.15) is 6.04 Å². The summed E-state index contributed by atoms with van der Waals surface area (Å²) in [5, 5.41) is 8.96. The summed E-state index contributed by atoms with van der Waals surface area (Å²) in [7, 11) is 0. The summed E-state index contributed by atoms with van der Waals surface area (Å²) in [5.41, 5.74) is 0. The molecule has 0 saturated carbocycles. The van der Waals surface area contributed by atoms with E-state index in [2.05, 4.69) is 4.90 Å².